The van der Waals surface area contributed by atoms with Crippen LogP contribution in [0.3, 0.4) is 0 Å². The van der Waals surface area contributed by atoms with Gasteiger partial charge in [0.05, 0.1) is 32.6 Å². The second kappa shape index (κ2) is 21.2. The SMILES string of the molecule is Cc1cc2c3c(c1)N(c1ccc4c(c1)C(C)(C)CCC4(C)C)c1c(sc4c5cc(C(C)(C)C)ccc5n(-c5ccc6c(c5)C(C)(C)CCC6(C)C)c14)B3c1cc3c4c(n(-c5ccc6c(c5)C(C)(C)CCC6(C)C)c3cc1N2c1ccc2c(c1)C(C)(C)CCC2(C)C)-c1cc(C(C)(C)C)ccc1C4(C)C. The lowest BCUT2D eigenvalue weighted by Crippen LogP contribution is -2.60. The predicted octanol–water partition coefficient (Wildman–Crippen LogP) is 25.5. The van der Waals surface area contributed by atoms with E-state index in [1.54, 1.807) is 0 Å². The molecule has 6 heteroatoms. The summed E-state index contributed by atoms with van der Waals surface area (Å²) >= 11 is 2.09. The Morgan fingerprint density at radius 3 is 1.25 bits per heavy atom. The molecule has 3 aromatic heterocycles. The Morgan fingerprint density at radius 1 is 0.365 bits per heavy atom. The Morgan fingerprint density at radius 2 is 0.769 bits per heavy atom. The molecule has 0 saturated carbocycles. The quantitative estimate of drug-likeness (QED) is 0.163. The van der Waals surface area contributed by atoms with E-state index < -0.39 is 0 Å². The predicted molar refractivity (Wildman–Crippen MR) is 450 cm³/mol. The Labute approximate surface area is 627 Å². The summed E-state index contributed by atoms with van der Waals surface area (Å²) in [6.45, 7) is 61.6. The van der Waals surface area contributed by atoms with Gasteiger partial charge in [-0.05, 0) is 281 Å². The average Bonchev–Trinajstić information content (AvgIpc) is 1.44. The van der Waals surface area contributed by atoms with Crippen LogP contribution in [0.1, 0.15) is 290 Å². The molecule has 11 aromatic rings. The Bertz CT molecular complexity index is 5600. The van der Waals surface area contributed by atoms with Gasteiger partial charge in [0.2, 0.25) is 0 Å². The first-order valence-electron chi connectivity index (χ1n) is 39.8. The van der Waals surface area contributed by atoms with E-state index in [0.717, 1.165) is 25.7 Å². The Kier molecular flexibility index (Phi) is 13.9. The van der Waals surface area contributed by atoms with Crippen molar-refractivity contribution in [1.82, 2.24) is 9.13 Å². The summed E-state index contributed by atoms with van der Waals surface area (Å²) in [5.74, 6) is 0. The van der Waals surface area contributed by atoms with Crippen LogP contribution in [0.25, 0.3) is 54.7 Å². The summed E-state index contributed by atoms with van der Waals surface area (Å²) < 4.78 is 8.30. The molecule has 0 N–H and O–H groups in total. The molecule has 0 fully saturated rings. The molecule has 0 atom stereocenters. The minimum atomic E-state index is -0.319. The van der Waals surface area contributed by atoms with Gasteiger partial charge >= 0.3 is 0 Å². The van der Waals surface area contributed by atoms with E-state index in [1.807, 2.05) is 0 Å². The fourth-order valence-corrected chi connectivity index (χ4v) is 22.7. The van der Waals surface area contributed by atoms with E-state index in [4.69, 9.17) is 0 Å². The normalized spacial score (nSPS) is 20.5. The fourth-order valence-electron chi connectivity index (χ4n) is 21.3. The highest BCUT2D eigenvalue weighted by Crippen LogP contribution is 2.60. The van der Waals surface area contributed by atoms with Gasteiger partial charge in [0, 0.05) is 66.3 Å². The Balaban J connectivity index is 1.02. The molecule has 0 radical (unpaired) electrons. The molecule has 0 spiro atoms. The number of hydrogen-bond acceptors (Lipinski definition) is 3. The van der Waals surface area contributed by atoms with Gasteiger partial charge in [0.15, 0.2) is 0 Å². The van der Waals surface area contributed by atoms with Crippen LogP contribution in [0.15, 0.2) is 133 Å². The van der Waals surface area contributed by atoms with Gasteiger partial charge < -0.3 is 18.9 Å². The molecule has 104 heavy (non-hydrogen) atoms. The molecule has 0 amide bonds. The van der Waals surface area contributed by atoms with Gasteiger partial charge in [0.1, 0.15) is 0 Å². The molecular formula is C98H113BN4S. The standard InChI is InChI=1S/C98H113BN4S/c1-56-46-79-82-80(47-56)103(62-31-36-70-74(53-62)97(22,23)45-41-93(70,14)15)85-84-86(65-49-58(89(5,6)7)27-37-76(65)101(84)60-29-34-68-72(51-60)95(18,19)43-39-91(68,10)11)104-87(85)99(82)75-54-64-77(55-78(75)100(79)59-28-33-67-71(50-59)94(16,17)42-38-90(67,8)9)102(61-30-35-69-73(52-61)96(20,21)44-40-92(69,12)13)83-63-48-57(88(2,3)4)26-32-66(63)98(24,25)81(64)83/h26-37,46-55H,38-45H2,1-25H3. The van der Waals surface area contributed by atoms with Crippen molar-refractivity contribution in [2.45, 2.75) is 284 Å². The number of fused-ring (bicyclic) bond motifs is 17. The molecule has 0 bridgehead atoms. The number of anilines is 6. The minimum absolute atomic E-state index is 0.00969. The molecule has 5 heterocycles. The molecule has 4 nitrogen and oxygen atoms in total. The van der Waals surface area contributed by atoms with Crippen molar-refractivity contribution in [2.75, 3.05) is 9.80 Å². The van der Waals surface area contributed by atoms with Crippen molar-refractivity contribution < 1.29 is 0 Å². The van der Waals surface area contributed by atoms with Gasteiger partial charge in [0.25, 0.3) is 6.71 Å². The lowest BCUT2D eigenvalue weighted by atomic mass is 9.36. The zero-order valence-corrected chi connectivity index (χ0v) is 68.4. The van der Waals surface area contributed by atoms with Gasteiger partial charge in [-0.2, -0.15) is 0 Å². The van der Waals surface area contributed by atoms with Crippen molar-refractivity contribution in [2.24, 2.45) is 0 Å². The smallest absolute Gasteiger partial charge is 0.264 e. The summed E-state index contributed by atoms with van der Waals surface area (Å²) in [6, 6.07) is 56.6. The maximum absolute atomic E-state index is 2.82. The first-order valence-corrected chi connectivity index (χ1v) is 40.6. The van der Waals surface area contributed by atoms with Crippen LogP contribution in [0.5, 0.6) is 0 Å². The zero-order valence-electron chi connectivity index (χ0n) is 67.6. The average molecular weight is 1390 g/mol. The maximum atomic E-state index is 2.82. The van der Waals surface area contributed by atoms with E-state index in [0.29, 0.717) is 0 Å². The van der Waals surface area contributed by atoms with Gasteiger partial charge in [-0.15, -0.1) is 11.3 Å². The van der Waals surface area contributed by atoms with Gasteiger partial charge in [-0.25, -0.2) is 0 Å². The summed E-state index contributed by atoms with van der Waals surface area (Å²) in [5, 5.41) is 2.69. The summed E-state index contributed by atoms with van der Waals surface area (Å²) in [6.07, 6.45) is 9.29. The van der Waals surface area contributed by atoms with E-state index in [9.17, 15) is 0 Å². The van der Waals surface area contributed by atoms with Crippen molar-refractivity contribution >= 4 is 99.9 Å². The zero-order chi connectivity index (χ0) is 73.8. The van der Waals surface area contributed by atoms with Gasteiger partial charge in [-0.1, -0.05) is 215 Å². The van der Waals surface area contributed by atoms with Crippen molar-refractivity contribution in [1.29, 1.82) is 0 Å². The topological polar surface area (TPSA) is 16.3 Å². The van der Waals surface area contributed by atoms with E-state index in [-0.39, 0.29) is 66.3 Å². The number of rotatable bonds is 4. The number of thiophene rings is 1. The highest BCUT2D eigenvalue weighted by atomic mass is 32.1. The lowest BCUT2D eigenvalue weighted by molar-refractivity contribution is 0.332. The summed E-state index contributed by atoms with van der Waals surface area (Å²) in [4.78, 5) is 5.60. The number of aryl methyl sites for hydroxylation is 1. The molecule has 7 aliphatic rings. The molecule has 5 aliphatic carbocycles. The largest absolute Gasteiger partial charge is 0.311 e. The van der Waals surface area contributed by atoms with Crippen molar-refractivity contribution in [3.05, 3.63) is 206 Å². The van der Waals surface area contributed by atoms with Crippen molar-refractivity contribution in [3.63, 3.8) is 0 Å². The molecule has 0 unspecified atom stereocenters. The molecular weight excluding hydrogens is 1280 g/mol. The highest BCUT2D eigenvalue weighted by molar-refractivity contribution is 7.34. The monoisotopic (exact) mass is 1390 g/mol. The molecule has 2 aliphatic heterocycles. The van der Waals surface area contributed by atoms with Crippen LogP contribution >= 0.6 is 11.3 Å². The van der Waals surface area contributed by atoms with E-state index in [2.05, 4.69) is 337 Å². The number of hydrogen-bond donors (Lipinski definition) is 0. The molecule has 18 rings (SSSR count). The molecule has 8 aromatic carbocycles. The van der Waals surface area contributed by atoms with Crippen LogP contribution < -0.4 is 25.5 Å². The summed E-state index contributed by atoms with van der Waals surface area (Å²) in [5.41, 5.74) is 38.1. The third-order valence-electron chi connectivity index (χ3n) is 28.5. The third-order valence-corrected chi connectivity index (χ3v) is 29.7. The number of aromatic nitrogens is 2. The molecule has 0 saturated heterocycles. The summed E-state index contributed by atoms with van der Waals surface area (Å²) in [7, 11) is 0. The lowest BCUT2D eigenvalue weighted by Gasteiger charge is -2.46. The number of nitrogens with zero attached hydrogens (tertiary/aromatic N) is 4. The highest BCUT2D eigenvalue weighted by Gasteiger charge is 2.51. The van der Waals surface area contributed by atoms with E-state index in [1.165, 1.54) is 202 Å². The van der Waals surface area contributed by atoms with Crippen LogP contribution in [-0.4, -0.2) is 15.8 Å². The minimum Gasteiger partial charge on any atom is -0.311 e. The maximum Gasteiger partial charge on any atom is 0.264 e. The van der Waals surface area contributed by atoms with Crippen LogP contribution in [0, 0.1) is 6.92 Å². The first kappa shape index (κ1) is 68.3. The molecule has 534 valence electrons. The number of benzene rings is 8. The van der Waals surface area contributed by atoms with Crippen LogP contribution in [0.4, 0.5) is 34.1 Å². The third kappa shape index (κ3) is 9.52. The second-order valence-corrected chi connectivity index (χ2v) is 42.8. The Hall–Kier alpha value is -7.54. The second-order valence-electron chi connectivity index (χ2n) is 41.7. The first-order chi connectivity index (χ1) is 48.4. The van der Waals surface area contributed by atoms with E-state index >= 15 is 0 Å². The van der Waals surface area contributed by atoms with Crippen LogP contribution in [0.2, 0.25) is 0 Å². The van der Waals surface area contributed by atoms with Gasteiger partial charge in [-0.3, -0.25) is 0 Å². The fraction of sp³-hybridized carbons (Fsp3) is 0.449. The van der Waals surface area contributed by atoms with Crippen LogP contribution in [-0.2, 0) is 59.6 Å². The van der Waals surface area contributed by atoms with Crippen molar-refractivity contribution in [3.8, 4) is 22.6 Å².